The van der Waals surface area contributed by atoms with E-state index in [0.29, 0.717) is 37.7 Å². The maximum absolute atomic E-state index is 12.5. The molecule has 0 spiro atoms. The number of fused-ring (bicyclic) bond motifs is 2. The number of hydrogen-bond donors (Lipinski definition) is 1. The van der Waals surface area contributed by atoms with Gasteiger partial charge in [0.2, 0.25) is 5.91 Å². The number of carbonyl (C=O) groups is 2. The summed E-state index contributed by atoms with van der Waals surface area (Å²) in [5.74, 6) is 1.91. The molecule has 0 fully saturated rings. The highest BCUT2D eigenvalue weighted by molar-refractivity contribution is 5.98. The highest BCUT2D eigenvalue weighted by atomic mass is 16.6. The zero-order chi connectivity index (χ0) is 21.1. The Morgan fingerprint density at radius 1 is 1.03 bits per heavy atom. The molecule has 0 atom stereocenters. The fraction of sp³-hybridized carbons (Fsp3) is 0.391. The molecule has 158 valence electrons. The molecule has 2 amide bonds. The van der Waals surface area contributed by atoms with Gasteiger partial charge in [0.25, 0.3) is 5.91 Å². The Kier molecular flexibility index (Phi) is 5.53. The van der Waals surface area contributed by atoms with Crippen molar-refractivity contribution in [2.24, 2.45) is 0 Å². The number of benzene rings is 2. The van der Waals surface area contributed by atoms with Crippen LogP contribution in [-0.4, -0.2) is 44.7 Å². The highest BCUT2D eigenvalue weighted by Gasteiger charge is 2.27. The van der Waals surface area contributed by atoms with Gasteiger partial charge in [0.05, 0.1) is 5.69 Å². The largest absolute Gasteiger partial charge is 0.486 e. The highest BCUT2D eigenvalue weighted by Crippen LogP contribution is 2.35. The number of rotatable bonds is 6. The molecule has 0 radical (unpaired) electrons. The number of nitrogens with zero attached hydrogens (tertiary/aromatic N) is 1. The summed E-state index contributed by atoms with van der Waals surface area (Å²) in [6.07, 6.45) is 0.220. The normalized spacial score (nSPS) is 15.3. The van der Waals surface area contributed by atoms with E-state index in [9.17, 15) is 9.59 Å². The van der Waals surface area contributed by atoms with E-state index < -0.39 is 0 Å². The van der Waals surface area contributed by atoms with Gasteiger partial charge in [-0.1, -0.05) is 32.0 Å². The number of hydrogen-bond acceptors (Lipinski definition) is 5. The molecule has 0 saturated heterocycles. The van der Waals surface area contributed by atoms with Gasteiger partial charge < -0.3 is 24.4 Å². The summed E-state index contributed by atoms with van der Waals surface area (Å²) in [6, 6.07) is 13.3. The molecular formula is C23H26N2O5. The third kappa shape index (κ3) is 4.20. The number of nitrogens with one attached hydrogen (secondary N) is 1. The van der Waals surface area contributed by atoms with Gasteiger partial charge in [-0.15, -0.1) is 0 Å². The summed E-state index contributed by atoms with van der Waals surface area (Å²) >= 11 is 0. The minimum atomic E-state index is -0.285. The summed E-state index contributed by atoms with van der Waals surface area (Å²) in [7, 11) is 0. The number of anilines is 1. The molecule has 0 saturated carbocycles. The molecule has 2 aromatic carbocycles. The first-order valence-electron chi connectivity index (χ1n) is 10.1. The quantitative estimate of drug-likeness (QED) is 0.792. The maximum atomic E-state index is 12.5. The van der Waals surface area contributed by atoms with Crippen molar-refractivity contribution < 1.29 is 23.8 Å². The smallest absolute Gasteiger partial charge is 0.265 e. The van der Waals surface area contributed by atoms with Crippen LogP contribution in [0.3, 0.4) is 0 Å². The van der Waals surface area contributed by atoms with Crippen LogP contribution in [0.4, 0.5) is 5.69 Å². The predicted octanol–water partition coefficient (Wildman–Crippen LogP) is 2.67. The minimum absolute atomic E-state index is 0.00419. The molecule has 30 heavy (non-hydrogen) atoms. The predicted molar refractivity (Wildman–Crippen MR) is 112 cm³/mol. The Balaban J connectivity index is 1.34. The second kappa shape index (κ2) is 8.26. The minimum Gasteiger partial charge on any atom is -0.486 e. The van der Waals surface area contributed by atoms with Crippen LogP contribution in [0, 0.1) is 0 Å². The lowest BCUT2D eigenvalue weighted by Gasteiger charge is -2.30. The fourth-order valence-corrected chi connectivity index (χ4v) is 3.59. The van der Waals surface area contributed by atoms with Crippen LogP contribution in [0.1, 0.15) is 25.8 Å². The zero-order valence-electron chi connectivity index (χ0n) is 17.3. The number of amides is 2. The molecule has 2 aromatic rings. The summed E-state index contributed by atoms with van der Waals surface area (Å²) in [4.78, 5) is 26.3. The SMILES string of the molecule is CC(C)(CNC(=O)CCN1C(=O)COc2ccccc21)c1ccc2c(c1)OCCO2. The maximum Gasteiger partial charge on any atom is 0.265 e. The lowest BCUT2D eigenvalue weighted by molar-refractivity contribution is -0.122. The van der Waals surface area contributed by atoms with Crippen LogP contribution < -0.4 is 24.4 Å². The number of carbonyl (C=O) groups excluding carboxylic acids is 2. The molecular weight excluding hydrogens is 384 g/mol. The summed E-state index contributed by atoms with van der Waals surface area (Å²) in [5, 5.41) is 3.00. The van der Waals surface area contributed by atoms with E-state index in [2.05, 4.69) is 19.2 Å². The molecule has 4 rings (SSSR count). The van der Waals surface area contributed by atoms with E-state index in [4.69, 9.17) is 14.2 Å². The van der Waals surface area contributed by atoms with Crippen molar-refractivity contribution in [2.45, 2.75) is 25.7 Å². The van der Waals surface area contributed by atoms with Gasteiger partial charge in [-0.2, -0.15) is 0 Å². The third-order valence-electron chi connectivity index (χ3n) is 5.42. The topological polar surface area (TPSA) is 77.1 Å². The van der Waals surface area contributed by atoms with Crippen molar-refractivity contribution in [1.82, 2.24) is 5.32 Å². The van der Waals surface area contributed by atoms with E-state index in [0.717, 1.165) is 17.1 Å². The Labute approximate surface area is 175 Å². The van der Waals surface area contributed by atoms with E-state index in [1.807, 2.05) is 42.5 Å². The van der Waals surface area contributed by atoms with E-state index in [1.54, 1.807) is 4.90 Å². The van der Waals surface area contributed by atoms with Crippen LogP contribution in [0.5, 0.6) is 17.2 Å². The lowest BCUT2D eigenvalue weighted by atomic mass is 9.84. The summed E-state index contributed by atoms with van der Waals surface area (Å²) in [6.45, 7) is 6.02. The number of ether oxygens (including phenoxy) is 3. The average Bonchev–Trinajstić information content (AvgIpc) is 2.76. The first kappa shape index (κ1) is 20.1. The third-order valence-corrected chi connectivity index (χ3v) is 5.42. The Morgan fingerprint density at radius 2 is 1.80 bits per heavy atom. The van der Waals surface area contributed by atoms with Crippen LogP contribution in [0.2, 0.25) is 0 Å². The first-order valence-corrected chi connectivity index (χ1v) is 10.1. The van der Waals surface area contributed by atoms with Gasteiger partial charge in [-0.3, -0.25) is 9.59 Å². The van der Waals surface area contributed by atoms with Gasteiger partial charge in [0, 0.05) is 24.9 Å². The van der Waals surface area contributed by atoms with Gasteiger partial charge in [-0.25, -0.2) is 0 Å². The molecule has 2 aliphatic heterocycles. The zero-order valence-corrected chi connectivity index (χ0v) is 17.3. The second-order valence-electron chi connectivity index (χ2n) is 8.07. The molecule has 0 unspecified atom stereocenters. The molecule has 2 aliphatic rings. The lowest BCUT2D eigenvalue weighted by Crippen LogP contribution is -2.42. The first-order chi connectivity index (χ1) is 14.4. The van der Waals surface area contributed by atoms with Crippen molar-refractivity contribution in [1.29, 1.82) is 0 Å². The standard InChI is InChI=1S/C23H26N2O5/c1-23(2,16-7-8-19-20(13-16)29-12-11-28-19)15-24-21(26)9-10-25-17-5-3-4-6-18(17)30-14-22(25)27/h3-8,13H,9-12,14-15H2,1-2H3,(H,24,26). The summed E-state index contributed by atoms with van der Waals surface area (Å²) < 4.78 is 16.7. The molecule has 7 nitrogen and oxygen atoms in total. The van der Waals surface area contributed by atoms with Crippen LogP contribution >= 0.6 is 0 Å². The van der Waals surface area contributed by atoms with Gasteiger partial charge in [0.1, 0.15) is 19.0 Å². The van der Waals surface area contributed by atoms with E-state index >= 15 is 0 Å². The van der Waals surface area contributed by atoms with Crippen molar-refractivity contribution in [3.8, 4) is 17.2 Å². The Bertz CT molecular complexity index is 956. The van der Waals surface area contributed by atoms with Crippen LogP contribution in [-0.2, 0) is 15.0 Å². The van der Waals surface area contributed by atoms with Gasteiger partial charge in [-0.05, 0) is 29.8 Å². The van der Waals surface area contributed by atoms with Crippen molar-refractivity contribution >= 4 is 17.5 Å². The Morgan fingerprint density at radius 3 is 2.63 bits per heavy atom. The fourth-order valence-electron chi connectivity index (χ4n) is 3.59. The van der Waals surface area contributed by atoms with Crippen molar-refractivity contribution in [3.63, 3.8) is 0 Å². The molecule has 2 heterocycles. The molecule has 0 bridgehead atoms. The summed E-state index contributed by atoms with van der Waals surface area (Å²) in [5.41, 5.74) is 1.48. The Hall–Kier alpha value is -3.22. The second-order valence-corrected chi connectivity index (χ2v) is 8.07. The van der Waals surface area contributed by atoms with E-state index in [1.165, 1.54) is 0 Å². The monoisotopic (exact) mass is 410 g/mol. The molecule has 1 N–H and O–H groups in total. The molecule has 7 heteroatoms. The molecule has 0 aromatic heterocycles. The average molecular weight is 410 g/mol. The van der Waals surface area contributed by atoms with Crippen molar-refractivity contribution in [3.05, 3.63) is 48.0 Å². The molecule has 0 aliphatic carbocycles. The van der Waals surface area contributed by atoms with Crippen LogP contribution in [0.15, 0.2) is 42.5 Å². The van der Waals surface area contributed by atoms with Crippen molar-refractivity contribution in [2.75, 3.05) is 37.8 Å². The van der Waals surface area contributed by atoms with Gasteiger partial charge in [0.15, 0.2) is 18.1 Å². The number of para-hydroxylation sites is 2. The van der Waals surface area contributed by atoms with E-state index in [-0.39, 0.29) is 30.3 Å². The van der Waals surface area contributed by atoms with Crippen LogP contribution in [0.25, 0.3) is 0 Å². The van der Waals surface area contributed by atoms with Gasteiger partial charge >= 0.3 is 0 Å².